The zero-order valence-corrected chi connectivity index (χ0v) is 16.8. The molecule has 0 bridgehead atoms. The van der Waals surface area contributed by atoms with E-state index in [9.17, 15) is 0 Å². The summed E-state index contributed by atoms with van der Waals surface area (Å²) in [5, 5.41) is 3.13. The van der Waals surface area contributed by atoms with Crippen LogP contribution in [0.25, 0.3) is 0 Å². The predicted molar refractivity (Wildman–Crippen MR) is 114 cm³/mol. The van der Waals surface area contributed by atoms with Gasteiger partial charge in [-0.3, -0.25) is 0 Å². The van der Waals surface area contributed by atoms with Crippen LogP contribution in [0.4, 0.5) is 5.82 Å². The molecular weight excluding hydrogens is 334 g/mol. The van der Waals surface area contributed by atoms with Crippen LogP contribution in [0.5, 0.6) is 0 Å². The van der Waals surface area contributed by atoms with Gasteiger partial charge < -0.3 is 16.0 Å². The number of nitrogens with two attached hydrogens (primary N) is 1. The van der Waals surface area contributed by atoms with Gasteiger partial charge >= 0.3 is 0 Å². The molecule has 0 amide bonds. The minimum Gasteiger partial charge on any atom is -0.387 e. The summed E-state index contributed by atoms with van der Waals surface area (Å²) in [5.74, 6) is 3.27. The molecule has 0 aromatic carbocycles. The largest absolute Gasteiger partial charge is 0.387 e. The Morgan fingerprint density at radius 1 is 1.26 bits per heavy atom. The van der Waals surface area contributed by atoms with Gasteiger partial charge in [0.25, 0.3) is 0 Å². The van der Waals surface area contributed by atoms with Crippen LogP contribution in [-0.4, -0.2) is 35.4 Å². The van der Waals surface area contributed by atoms with Gasteiger partial charge in [-0.05, 0) is 56.8 Å². The first-order valence-electron chi connectivity index (χ1n) is 10.5. The van der Waals surface area contributed by atoms with E-state index in [-0.39, 0.29) is 0 Å². The van der Waals surface area contributed by atoms with Crippen LogP contribution in [0.15, 0.2) is 35.7 Å². The smallest absolute Gasteiger partial charge is 0.131 e. The molecule has 2 heterocycles. The maximum Gasteiger partial charge on any atom is 0.131 e. The van der Waals surface area contributed by atoms with Crippen molar-refractivity contribution in [2.75, 3.05) is 25.0 Å². The third-order valence-corrected chi connectivity index (χ3v) is 5.95. The minimum atomic E-state index is 0.328. The molecule has 3 rings (SSSR count). The maximum atomic E-state index is 6.33. The second-order valence-electron chi connectivity index (χ2n) is 8.26. The van der Waals surface area contributed by atoms with Crippen molar-refractivity contribution in [2.24, 2.45) is 22.6 Å². The van der Waals surface area contributed by atoms with Gasteiger partial charge in [-0.25, -0.2) is 9.98 Å². The lowest BCUT2D eigenvalue weighted by atomic mass is 9.86. The number of nitrogens with zero attached hydrogens (tertiary/aromatic N) is 3. The summed E-state index contributed by atoms with van der Waals surface area (Å²) in [5.41, 5.74) is 7.46. The number of likely N-dealkylation sites (tertiary alicyclic amines) is 1. The Morgan fingerprint density at radius 2 is 2.07 bits per heavy atom. The number of hydrogen-bond acceptors (Lipinski definition) is 4. The van der Waals surface area contributed by atoms with Crippen molar-refractivity contribution in [3.8, 4) is 0 Å². The van der Waals surface area contributed by atoms with Crippen LogP contribution in [0.1, 0.15) is 56.9 Å². The molecule has 5 heteroatoms. The highest BCUT2D eigenvalue weighted by Crippen LogP contribution is 2.27. The second-order valence-corrected chi connectivity index (χ2v) is 8.26. The number of pyridine rings is 1. The third-order valence-electron chi connectivity index (χ3n) is 5.95. The molecule has 0 radical (unpaired) electrons. The van der Waals surface area contributed by atoms with E-state index in [0.717, 1.165) is 30.3 Å². The first kappa shape index (κ1) is 19.9. The van der Waals surface area contributed by atoms with Crippen LogP contribution in [0.3, 0.4) is 0 Å². The van der Waals surface area contributed by atoms with Gasteiger partial charge in [0.2, 0.25) is 0 Å². The van der Waals surface area contributed by atoms with Gasteiger partial charge in [0.1, 0.15) is 17.5 Å². The topological polar surface area (TPSA) is 66.5 Å². The minimum absolute atomic E-state index is 0.328. The molecule has 1 aliphatic heterocycles. The van der Waals surface area contributed by atoms with E-state index in [0.29, 0.717) is 17.6 Å². The summed E-state index contributed by atoms with van der Waals surface area (Å²) < 4.78 is 0. The molecule has 27 heavy (non-hydrogen) atoms. The van der Waals surface area contributed by atoms with E-state index in [1.807, 2.05) is 25.3 Å². The number of aryl methyl sites for hydroxylation is 1. The molecule has 2 fully saturated rings. The van der Waals surface area contributed by atoms with Crippen molar-refractivity contribution in [1.29, 1.82) is 0 Å². The Balaban J connectivity index is 1.47. The lowest BCUT2D eigenvalue weighted by molar-refractivity contribution is 0.182. The molecule has 1 aromatic heterocycles. The highest BCUT2D eigenvalue weighted by Gasteiger charge is 2.24. The van der Waals surface area contributed by atoms with Crippen molar-refractivity contribution in [1.82, 2.24) is 9.88 Å². The zero-order chi connectivity index (χ0) is 19.1. The molecular formula is C22H35N5. The van der Waals surface area contributed by atoms with Crippen LogP contribution < -0.4 is 11.1 Å². The van der Waals surface area contributed by atoms with Crippen LogP contribution in [-0.2, 0) is 0 Å². The highest BCUT2D eigenvalue weighted by molar-refractivity contribution is 5.84. The number of rotatable bonds is 7. The summed E-state index contributed by atoms with van der Waals surface area (Å²) >= 11 is 0. The number of aromatic nitrogens is 1. The monoisotopic (exact) mass is 369 g/mol. The van der Waals surface area contributed by atoms with Gasteiger partial charge in [-0.15, -0.1) is 0 Å². The van der Waals surface area contributed by atoms with E-state index in [1.54, 1.807) is 0 Å². The molecule has 1 saturated heterocycles. The number of piperidine rings is 1. The molecule has 0 unspecified atom stereocenters. The molecule has 3 N–H and O–H groups in total. The van der Waals surface area contributed by atoms with Crippen molar-refractivity contribution in [3.63, 3.8) is 0 Å². The lowest BCUT2D eigenvalue weighted by Crippen LogP contribution is -2.42. The predicted octanol–water partition coefficient (Wildman–Crippen LogP) is 4.31. The summed E-state index contributed by atoms with van der Waals surface area (Å²) in [6, 6.07) is 3.95. The number of amidine groups is 1. The lowest BCUT2D eigenvalue weighted by Gasteiger charge is -2.34. The number of anilines is 1. The summed E-state index contributed by atoms with van der Waals surface area (Å²) in [4.78, 5) is 11.4. The fraction of sp³-hybridized carbons (Fsp3) is 0.636. The van der Waals surface area contributed by atoms with Crippen LogP contribution >= 0.6 is 0 Å². The zero-order valence-electron chi connectivity index (χ0n) is 16.8. The van der Waals surface area contributed by atoms with Gasteiger partial charge in [-0.1, -0.05) is 44.7 Å². The molecule has 5 nitrogen and oxygen atoms in total. The summed E-state index contributed by atoms with van der Waals surface area (Å²) in [6.45, 7) is 9.44. The fourth-order valence-electron chi connectivity index (χ4n) is 4.31. The molecule has 0 spiro atoms. The third kappa shape index (κ3) is 6.35. The normalized spacial score (nSPS) is 22.6. The quantitative estimate of drug-likeness (QED) is 0.555. The molecule has 2 aliphatic rings. The van der Waals surface area contributed by atoms with E-state index in [2.05, 4.69) is 26.8 Å². The van der Waals surface area contributed by atoms with Crippen molar-refractivity contribution in [3.05, 3.63) is 36.3 Å². The van der Waals surface area contributed by atoms with Crippen molar-refractivity contribution < 1.29 is 0 Å². The summed E-state index contributed by atoms with van der Waals surface area (Å²) in [7, 11) is 0. The fourth-order valence-corrected chi connectivity index (χ4v) is 4.31. The van der Waals surface area contributed by atoms with Crippen molar-refractivity contribution in [2.45, 2.75) is 58.3 Å². The molecule has 148 valence electrons. The van der Waals surface area contributed by atoms with Gasteiger partial charge in [-0.2, -0.15) is 0 Å². The Labute approximate surface area is 164 Å². The first-order chi connectivity index (χ1) is 13.1. The Kier molecular flexibility index (Phi) is 7.27. The first-order valence-corrected chi connectivity index (χ1v) is 10.5. The Bertz CT molecular complexity index is 631. The SMILES string of the molecule is C=C(/N=C(\N)[C@H]1CCCN(CCC2CCCCC2)C1)Nc1ccc(C)cn1. The average Bonchev–Trinajstić information content (AvgIpc) is 2.69. The van der Waals surface area contributed by atoms with E-state index >= 15 is 0 Å². The van der Waals surface area contributed by atoms with Gasteiger partial charge in [0.15, 0.2) is 0 Å². The van der Waals surface area contributed by atoms with Crippen LogP contribution in [0.2, 0.25) is 0 Å². The van der Waals surface area contributed by atoms with Crippen LogP contribution in [0, 0.1) is 18.8 Å². The molecule has 1 saturated carbocycles. The van der Waals surface area contributed by atoms with E-state index < -0.39 is 0 Å². The number of aliphatic imine (C=N–C) groups is 1. The Hall–Kier alpha value is -1.88. The van der Waals surface area contributed by atoms with Gasteiger partial charge in [0, 0.05) is 18.7 Å². The van der Waals surface area contributed by atoms with E-state index in [1.165, 1.54) is 58.0 Å². The average molecular weight is 370 g/mol. The molecule has 1 aliphatic carbocycles. The molecule has 1 aromatic rings. The van der Waals surface area contributed by atoms with E-state index in [4.69, 9.17) is 5.73 Å². The maximum absolute atomic E-state index is 6.33. The Morgan fingerprint density at radius 3 is 2.81 bits per heavy atom. The highest BCUT2D eigenvalue weighted by atomic mass is 15.1. The van der Waals surface area contributed by atoms with Crippen molar-refractivity contribution >= 4 is 11.7 Å². The number of nitrogens with one attached hydrogen (secondary N) is 1. The standard InChI is InChI=1S/C22H35N5/c1-17-10-11-21(24-15-17)25-18(2)26-22(23)20-9-6-13-27(16-20)14-12-19-7-4-3-5-8-19/h10-11,15,19-20H,2-9,12-14,16H2,1H3,(H2,23,26)(H,24,25)/t20-/m0/s1. The summed E-state index contributed by atoms with van der Waals surface area (Å²) in [6.07, 6.45) is 12.6. The second kappa shape index (κ2) is 9.88. The number of hydrogen-bond donors (Lipinski definition) is 2. The molecule has 1 atom stereocenters. The van der Waals surface area contributed by atoms with Gasteiger partial charge in [0.05, 0.1) is 0 Å².